The maximum Gasteiger partial charge on any atom is 0.124 e. The summed E-state index contributed by atoms with van der Waals surface area (Å²) < 4.78 is 5.50. The van der Waals surface area contributed by atoms with Crippen LogP contribution in [0.2, 0.25) is 5.02 Å². The van der Waals surface area contributed by atoms with E-state index in [0.717, 1.165) is 21.9 Å². The Bertz CT molecular complexity index is 323. The number of nitrogens with two attached hydrogens (primary N) is 1. The van der Waals surface area contributed by atoms with Crippen LogP contribution in [0.3, 0.4) is 0 Å². The van der Waals surface area contributed by atoms with E-state index in [4.69, 9.17) is 22.1 Å². The Kier molecular flexibility index (Phi) is 3.78. The third-order valence-electron chi connectivity index (χ3n) is 2.08. The molecule has 0 spiro atoms. The predicted molar refractivity (Wildman–Crippen MR) is 60.0 cm³/mol. The molecule has 2 nitrogen and oxygen atoms in total. The van der Waals surface area contributed by atoms with Gasteiger partial charge in [-0.2, -0.15) is 0 Å². The molecular weight excluding hydrogens is 198 g/mol. The van der Waals surface area contributed by atoms with Gasteiger partial charge < -0.3 is 10.5 Å². The molecule has 14 heavy (non-hydrogen) atoms. The Morgan fingerprint density at radius 2 is 2.14 bits per heavy atom. The average molecular weight is 214 g/mol. The molecule has 0 saturated carbocycles. The van der Waals surface area contributed by atoms with Crippen molar-refractivity contribution in [1.82, 2.24) is 0 Å². The molecule has 0 aliphatic carbocycles. The maximum absolute atomic E-state index is 6.02. The number of ether oxygens (including phenoxy) is 1. The summed E-state index contributed by atoms with van der Waals surface area (Å²) in [7, 11) is 0. The number of hydrogen-bond acceptors (Lipinski definition) is 2. The first-order valence-electron chi connectivity index (χ1n) is 4.74. The molecular formula is C11H16ClNO. The fraction of sp³-hybridized carbons (Fsp3) is 0.455. The highest BCUT2D eigenvalue weighted by molar-refractivity contribution is 6.31. The zero-order valence-corrected chi connectivity index (χ0v) is 9.56. The van der Waals surface area contributed by atoms with Gasteiger partial charge >= 0.3 is 0 Å². The summed E-state index contributed by atoms with van der Waals surface area (Å²) in [6.07, 6.45) is 0. The van der Waals surface area contributed by atoms with Crippen molar-refractivity contribution < 1.29 is 4.74 Å². The molecule has 78 valence electrons. The molecule has 3 heteroatoms. The molecule has 0 aliphatic heterocycles. The first-order chi connectivity index (χ1) is 6.56. The molecule has 2 N–H and O–H groups in total. The van der Waals surface area contributed by atoms with Crippen LogP contribution in [-0.4, -0.2) is 6.61 Å². The molecule has 0 heterocycles. The van der Waals surface area contributed by atoms with Gasteiger partial charge in [0.15, 0.2) is 0 Å². The van der Waals surface area contributed by atoms with E-state index in [0.29, 0.717) is 6.61 Å². The van der Waals surface area contributed by atoms with Crippen molar-refractivity contribution in [2.45, 2.75) is 26.8 Å². The van der Waals surface area contributed by atoms with Crippen LogP contribution in [0.25, 0.3) is 0 Å². The summed E-state index contributed by atoms with van der Waals surface area (Å²) in [5, 5.41) is 0.737. The quantitative estimate of drug-likeness (QED) is 0.838. The Morgan fingerprint density at radius 1 is 1.50 bits per heavy atom. The van der Waals surface area contributed by atoms with Crippen molar-refractivity contribution in [1.29, 1.82) is 0 Å². The minimum absolute atomic E-state index is 0.0605. The minimum Gasteiger partial charge on any atom is -0.494 e. The molecule has 0 amide bonds. The van der Waals surface area contributed by atoms with E-state index in [-0.39, 0.29) is 6.04 Å². The molecule has 0 radical (unpaired) electrons. The average Bonchev–Trinajstić information content (AvgIpc) is 2.11. The van der Waals surface area contributed by atoms with E-state index < -0.39 is 0 Å². The molecule has 1 unspecified atom stereocenters. The zero-order valence-electron chi connectivity index (χ0n) is 8.80. The second kappa shape index (κ2) is 4.67. The monoisotopic (exact) mass is 213 g/mol. The molecule has 1 aromatic rings. The second-order valence-corrected chi connectivity index (χ2v) is 3.77. The van der Waals surface area contributed by atoms with Crippen LogP contribution in [0.4, 0.5) is 0 Å². The highest BCUT2D eigenvalue weighted by atomic mass is 35.5. The van der Waals surface area contributed by atoms with Crippen molar-refractivity contribution in [2.24, 2.45) is 5.73 Å². The van der Waals surface area contributed by atoms with E-state index in [9.17, 15) is 0 Å². The fourth-order valence-electron chi connectivity index (χ4n) is 1.31. The predicted octanol–water partition coefficient (Wildman–Crippen LogP) is 3.07. The molecule has 0 bridgehead atoms. The molecule has 0 fully saturated rings. The Labute approximate surface area is 90.0 Å². The van der Waals surface area contributed by atoms with Crippen molar-refractivity contribution in [3.05, 3.63) is 28.3 Å². The second-order valence-electron chi connectivity index (χ2n) is 3.36. The van der Waals surface area contributed by atoms with Gasteiger partial charge in [-0.1, -0.05) is 11.6 Å². The van der Waals surface area contributed by atoms with Gasteiger partial charge in [0.05, 0.1) is 6.61 Å². The molecule has 0 aliphatic rings. The highest BCUT2D eigenvalue weighted by Gasteiger charge is 2.10. The van der Waals surface area contributed by atoms with Crippen LogP contribution in [0.15, 0.2) is 12.1 Å². The van der Waals surface area contributed by atoms with Crippen LogP contribution in [0.5, 0.6) is 5.75 Å². The van der Waals surface area contributed by atoms with Crippen molar-refractivity contribution in [3.8, 4) is 5.75 Å². The topological polar surface area (TPSA) is 35.2 Å². The summed E-state index contributed by atoms with van der Waals surface area (Å²) in [6.45, 7) is 6.47. The van der Waals surface area contributed by atoms with Crippen LogP contribution in [0, 0.1) is 6.92 Å². The zero-order chi connectivity index (χ0) is 10.7. The lowest BCUT2D eigenvalue weighted by Crippen LogP contribution is -2.08. The lowest BCUT2D eigenvalue weighted by Gasteiger charge is -2.14. The number of benzene rings is 1. The third-order valence-corrected chi connectivity index (χ3v) is 2.49. The van der Waals surface area contributed by atoms with Gasteiger partial charge in [0, 0.05) is 16.6 Å². The molecule has 0 aromatic heterocycles. The first kappa shape index (κ1) is 11.3. The summed E-state index contributed by atoms with van der Waals surface area (Å²) >= 11 is 6.02. The SMILES string of the molecule is CCOc1cc(C)c(Cl)cc1C(C)N. The summed E-state index contributed by atoms with van der Waals surface area (Å²) in [6, 6.07) is 3.76. The van der Waals surface area contributed by atoms with E-state index in [1.54, 1.807) is 0 Å². The maximum atomic E-state index is 6.02. The Balaban J connectivity index is 3.17. The minimum atomic E-state index is -0.0605. The van der Waals surface area contributed by atoms with Crippen molar-refractivity contribution >= 4 is 11.6 Å². The Hall–Kier alpha value is -0.730. The van der Waals surface area contributed by atoms with Crippen LogP contribution in [-0.2, 0) is 0 Å². The molecule has 1 atom stereocenters. The molecule has 1 aromatic carbocycles. The third kappa shape index (κ3) is 2.40. The van der Waals surface area contributed by atoms with Crippen molar-refractivity contribution in [3.63, 3.8) is 0 Å². The summed E-state index contributed by atoms with van der Waals surface area (Å²) in [5.41, 5.74) is 7.80. The lowest BCUT2D eigenvalue weighted by atomic mass is 10.1. The fourth-order valence-corrected chi connectivity index (χ4v) is 1.48. The van der Waals surface area contributed by atoms with E-state index >= 15 is 0 Å². The van der Waals surface area contributed by atoms with Gasteiger partial charge in [0.25, 0.3) is 0 Å². The normalized spacial score (nSPS) is 12.6. The molecule has 0 saturated heterocycles. The largest absolute Gasteiger partial charge is 0.494 e. The first-order valence-corrected chi connectivity index (χ1v) is 5.12. The number of aryl methyl sites for hydroxylation is 1. The van der Waals surface area contributed by atoms with Gasteiger partial charge in [0.2, 0.25) is 0 Å². The van der Waals surface area contributed by atoms with Gasteiger partial charge in [-0.15, -0.1) is 0 Å². The smallest absolute Gasteiger partial charge is 0.124 e. The highest BCUT2D eigenvalue weighted by Crippen LogP contribution is 2.30. The lowest BCUT2D eigenvalue weighted by molar-refractivity contribution is 0.334. The van der Waals surface area contributed by atoms with E-state index in [1.165, 1.54) is 0 Å². The van der Waals surface area contributed by atoms with Crippen LogP contribution in [0.1, 0.15) is 31.0 Å². The molecule has 1 rings (SSSR count). The summed E-state index contributed by atoms with van der Waals surface area (Å²) in [5.74, 6) is 0.837. The van der Waals surface area contributed by atoms with E-state index in [1.807, 2.05) is 32.9 Å². The Morgan fingerprint density at radius 3 is 2.64 bits per heavy atom. The van der Waals surface area contributed by atoms with Crippen LogP contribution < -0.4 is 10.5 Å². The summed E-state index contributed by atoms with van der Waals surface area (Å²) in [4.78, 5) is 0. The number of rotatable bonds is 3. The van der Waals surface area contributed by atoms with Gasteiger partial charge in [-0.05, 0) is 38.5 Å². The van der Waals surface area contributed by atoms with Crippen molar-refractivity contribution in [2.75, 3.05) is 6.61 Å². The van der Waals surface area contributed by atoms with Gasteiger partial charge in [0.1, 0.15) is 5.75 Å². The van der Waals surface area contributed by atoms with Gasteiger partial charge in [-0.3, -0.25) is 0 Å². The van der Waals surface area contributed by atoms with E-state index in [2.05, 4.69) is 0 Å². The van der Waals surface area contributed by atoms with Crippen LogP contribution >= 0.6 is 11.6 Å². The standard InChI is InChI=1S/C11H16ClNO/c1-4-14-11-5-7(2)10(12)6-9(11)8(3)13/h5-6,8H,4,13H2,1-3H3. The van der Waals surface area contributed by atoms with Gasteiger partial charge in [-0.25, -0.2) is 0 Å². The number of halogens is 1. The number of hydrogen-bond donors (Lipinski definition) is 1.